The van der Waals surface area contributed by atoms with Crippen molar-refractivity contribution in [3.8, 4) is 11.4 Å². The molecule has 1 N–H and O–H groups in total. The van der Waals surface area contributed by atoms with Crippen LogP contribution in [0.2, 0.25) is 15.1 Å². The Morgan fingerprint density at radius 1 is 1.17 bits per heavy atom. The lowest BCUT2D eigenvalue weighted by Crippen LogP contribution is -2.35. The van der Waals surface area contributed by atoms with E-state index >= 15 is 0 Å². The fraction of sp³-hybridized carbons (Fsp3) is 0.286. The summed E-state index contributed by atoms with van der Waals surface area (Å²) >= 11 is 18.3. The van der Waals surface area contributed by atoms with E-state index in [1.54, 1.807) is 41.8 Å². The van der Waals surface area contributed by atoms with Crippen LogP contribution in [0.25, 0.3) is 11.4 Å². The maximum atomic E-state index is 12.9. The molecule has 1 amide bonds. The van der Waals surface area contributed by atoms with Crippen LogP contribution in [0.1, 0.15) is 37.4 Å². The van der Waals surface area contributed by atoms with Gasteiger partial charge in [-0.25, -0.2) is 9.48 Å². The van der Waals surface area contributed by atoms with Crippen LogP contribution in [0.5, 0.6) is 0 Å². The first kappa shape index (κ1) is 21.0. The van der Waals surface area contributed by atoms with Crippen molar-refractivity contribution in [3.63, 3.8) is 0 Å². The minimum atomic E-state index is -0.374. The second-order valence-corrected chi connectivity index (χ2v) is 8.53. The lowest BCUT2D eigenvalue weighted by molar-refractivity contribution is -0.122. The number of rotatable bonds is 6. The van der Waals surface area contributed by atoms with Crippen LogP contribution in [0.3, 0.4) is 0 Å². The Morgan fingerprint density at radius 2 is 1.87 bits per heavy atom. The standard InChI is InChI=1S/C21H19Cl3N4O2/c1-12(16-3-2-4-17(23)19(16)24)25-18(29)11-27-21(30)28(15-9-10-15)20(26-27)13-5-7-14(22)8-6-13/h2-8,12,15H,9-11H2,1H3,(H,25,29). The average Bonchev–Trinajstić information content (AvgIpc) is 3.49. The molecule has 6 nitrogen and oxygen atoms in total. The largest absolute Gasteiger partial charge is 0.348 e. The molecule has 4 rings (SSSR count). The molecular weight excluding hydrogens is 447 g/mol. The number of aromatic nitrogens is 3. The molecule has 156 valence electrons. The highest BCUT2D eigenvalue weighted by atomic mass is 35.5. The van der Waals surface area contributed by atoms with Crippen molar-refractivity contribution >= 4 is 40.7 Å². The molecule has 30 heavy (non-hydrogen) atoms. The van der Waals surface area contributed by atoms with Gasteiger partial charge in [-0.3, -0.25) is 9.36 Å². The Balaban J connectivity index is 1.56. The van der Waals surface area contributed by atoms with Gasteiger partial charge in [0.15, 0.2) is 5.82 Å². The predicted octanol–water partition coefficient (Wildman–Crippen LogP) is 4.88. The first-order chi connectivity index (χ1) is 14.3. The zero-order chi connectivity index (χ0) is 21.4. The van der Waals surface area contributed by atoms with Crippen molar-refractivity contribution in [2.24, 2.45) is 0 Å². The van der Waals surface area contributed by atoms with Crippen LogP contribution in [0, 0.1) is 0 Å². The van der Waals surface area contributed by atoms with Gasteiger partial charge >= 0.3 is 5.69 Å². The second kappa shape index (κ2) is 8.46. The Labute approximate surface area is 188 Å². The lowest BCUT2D eigenvalue weighted by Gasteiger charge is -2.16. The van der Waals surface area contributed by atoms with Crippen LogP contribution in [0.4, 0.5) is 0 Å². The van der Waals surface area contributed by atoms with Crippen molar-refractivity contribution in [2.75, 3.05) is 0 Å². The Bertz CT molecular complexity index is 1150. The Kier molecular flexibility index (Phi) is 5.91. The highest BCUT2D eigenvalue weighted by Gasteiger charge is 2.31. The summed E-state index contributed by atoms with van der Waals surface area (Å²) in [5.41, 5.74) is 1.18. The highest BCUT2D eigenvalue weighted by Crippen LogP contribution is 2.36. The summed E-state index contributed by atoms with van der Waals surface area (Å²) in [4.78, 5) is 25.5. The number of nitrogens with one attached hydrogen (secondary N) is 1. The minimum absolute atomic E-state index is 0.115. The normalized spacial score (nSPS) is 14.5. The molecule has 2 aromatic carbocycles. The minimum Gasteiger partial charge on any atom is -0.348 e. The van der Waals surface area contributed by atoms with E-state index in [4.69, 9.17) is 34.8 Å². The van der Waals surface area contributed by atoms with Gasteiger partial charge in [0.25, 0.3) is 0 Å². The summed E-state index contributed by atoms with van der Waals surface area (Å²) < 4.78 is 2.86. The van der Waals surface area contributed by atoms with Crippen LogP contribution >= 0.6 is 34.8 Å². The monoisotopic (exact) mass is 464 g/mol. The number of benzene rings is 2. The molecule has 9 heteroatoms. The van der Waals surface area contributed by atoms with E-state index in [-0.39, 0.29) is 30.2 Å². The van der Waals surface area contributed by atoms with Crippen molar-refractivity contribution < 1.29 is 4.79 Å². The van der Waals surface area contributed by atoms with Crippen molar-refractivity contribution in [2.45, 2.75) is 38.4 Å². The first-order valence-corrected chi connectivity index (χ1v) is 10.7. The third kappa shape index (κ3) is 4.26. The topological polar surface area (TPSA) is 68.9 Å². The number of carbonyl (C=O) groups is 1. The predicted molar refractivity (Wildman–Crippen MR) is 118 cm³/mol. The highest BCUT2D eigenvalue weighted by molar-refractivity contribution is 6.42. The molecule has 0 bridgehead atoms. The molecule has 1 aliphatic carbocycles. The Morgan fingerprint density at radius 3 is 2.53 bits per heavy atom. The molecule has 1 saturated carbocycles. The van der Waals surface area contributed by atoms with Gasteiger partial charge in [-0.2, -0.15) is 0 Å². The third-order valence-corrected chi connectivity index (χ3v) is 6.09. The van der Waals surface area contributed by atoms with Crippen LogP contribution in [-0.2, 0) is 11.3 Å². The van der Waals surface area contributed by atoms with Crippen LogP contribution in [0.15, 0.2) is 47.3 Å². The summed E-state index contributed by atoms with van der Waals surface area (Å²) in [6.07, 6.45) is 1.84. The zero-order valence-corrected chi connectivity index (χ0v) is 18.4. The number of halogens is 3. The molecule has 1 aromatic heterocycles. The quantitative estimate of drug-likeness (QED) is 0.564. The smallest absolute Gasteiger partial charge is 0.346 e. The lowest BCUT2D eigenvalue weighted by atomic mass is 10.1. The summed E-state index contributed by atoms with van der Waals surface area (Å²) in [5, 5.41) is 8.71. The van der Waals surface area contributed by atoms with Crippen LogP contribution in [-0.4, -0.2) is 20.3 Å². The molecule has 0 aliphatic heterocycles. The molecule has 0 saturated heterocycles. The maximum Gasteiger partial charge on any atom is 0.346 e. The van der Waals surface area contributed by atoms with Crippen LogP contribution < -0.4 is 11.0 Å². The van der Waals surface area contributed by atoms with E-state index in [0.717, 1.165) is 18.4 Å². The number of nitrogens with zero attached hydrogens (tertiary/aromatic N) is 3. The molecule has 1 heterocycles. The van der Waals surface area contributed by atoms with Gasteiger partial charge in [0, 0.05) is 16.6 Å². The SMILES string of the molecule is CC(NC(=O)Cn1nc(-c2ccc(Cl)cc2)n(C2CC2)c1=O)c1cccc(Cl)c1Cl. The molecular formula is C21H19Cl3N4O2. The van der Waals surface area contributed by atoms with E-state index in [2.05, 4.69) is 10.4 Å². The van der Waals surface area contributed by atoms with Gasteiger partial charge in [0.1, 0.15) is 6.54 Å². The summed E-state index contributed by atoms with van der Waals surface area (Å²) in [6.45, 7) is 1.61. The molecule has 1 aliphatic rings. The van der Waals surface area contributed by atoms with Crippen molar-refractivity contribution in [3.05, 3.63) is 73.6 Å². The average molecular weight is 466 g/mol. The maximum absolute atomic E-state index is 12.9. The summed E-state index contributed by atoms with van der Waals surface area (Å²) in [6, 6.07) is 12.1. The molecule has 0 spiro atoms. The molecule has 3 aromatic rings. The molecule has 1 fully saturated rings. The van der Waals surface area contributed by atoms with E-state index in [9.17, 15) is 9.59 Å². The van der Waals surface area contributed by atoms with E-state index in [1.165, 1.54) is 4.68 Å². The molecule has 0 radical (unpaired) electrons. The zero-order valence-electron chi connectivity index (χ0n) is 16.1. The molecule has 1 atom stereocenters. The summed E-state index contributed by atoms with van der Waals surface area (Å²) in [5.74, 6) is 0.196. The van der Waals surface area contributed by atoms with Crippen molar-refractivity contribution in [1.82, 2.24) is 19.7 Å². The van der Waals surface area contributed by atoms with Gasteiger partial charge in [0.2, 0.25) is 5.91 Å². The number of hydrogen-bond acceptors (Lipinski definition) is 3. The third-order valence-electron chi connectivity index (χ3n) is 5.00. The summed E-state index contributed by atoms with van der Waals surface area (Å²) in [7, 11) is 0. The van der Waals surface area contributed by atoms with E-state index in [0.29, 0.717) is 26.5 Å². The van der Waals surface area contributed by atoms with Crippen molar-refractivity contribution in [1.29, 1.82) is 0 Å². The van der Waals surface area contributed by atoms with Gasteiger partial charge in [-0.15, -0.1) is 5.10 Å². The fourth-order valence-corrected chi connectivity index (χ4v) is 3.93. The molecule has 1 unspecified atom stereocenters. The second-order valence-electron chi connectivity index (χ2n) is 7.30. The van der Waals surface area contributed by atoms with E-state index < -0.39 is 0 Å². The Hall–Kier alpha value is -2.28. The van der Waals surface area contributed by atoms with Gasteiger partial charge < -0.3 is 5.32 Å². The first-order valence-electron chi connectivity index (χ1n) is 9.53. The number of amides is 1. The van der Waals surface area contributed by atoms with Gasteiger partial charge in [-0.1, -0.05) is 46.9 Å². The van der Waals surface area contributed by atoms with Gasteiger partial charge in [-0.05, 0) is 55.7 Å². The number of hydrogen-bond donors (Lipinski definition) is 1. The number of carbonyl (C=O) groups excluding carboxylic acids is 1. The van der Waals surface area contributed by atoms with Gasteiger partial charge in [0.05, 0.1) is 16.1 Å². The fourth-order valence-electron chi connectivity index (χ4n) is 3.34. The van der Waals surface area contributed by atoms with E-state index in [1.807, 2.05) is 12.1 Å².